The van der Waals surface area contributed by atoms with Crippen molar-refractivity contribution in [2.24, 2.45) is 0 Å². The summed E-state index contributed by atoms with van der Waals surface area (Å²) in [4.78, 5) is 11.1. The van der Waals surface area contributed by atoms with Gasteiger partial charge in [0.15, 0.2) is 6.54 Å². The van der Waals surface area contributed by atoms with Crippen molar-refractivity contribution < 1.29 is 26.4 Å². The molecule has 0 N–H and O–H groups in total. The lowest BCUT2D eigenvalue weighted by Crippen LogP contribution is -3.00. The van der Waals surface area contributed by atoms with Crippen LogP contribution in [0.4, 0.5) is 0 Å². The maximum Gasteiger partial charge on any atom is 0.361 e. The van der Waals surface area contributed by atoms with E-state index in [9.17, 15) is 4.79 Å². The molecule has 0 radical (unpaired) electrons. The average molecular weight is 210 g/mol. The first-order chi connectivity index (χ1) is 5.64. The van der Waals surface area contributed by atoms with Crippen LogP contribution >= 0.6 is 0 Å². The number of carbonyl (C=O) groups is 1. The highest BCUT2D eigenvalue weighted by atomic mass is 35.5. The van der Waals surface area contributed by atoms with Gasteiger partial charge in [-0.2, -0.15) is 0 Å². The van der Waals surface area contributed by atoms with Crippen LogP contribution in [0.5, 0.6) is 0 Å². The topological polar surface area (TPSA) is 26.3 Å². The van der Waals surface area contributed by atoms with Crippen LogP contribution < -0.4 is 12.4 Å². The van der Waals surface area contributed by atoms with Crippen LogP contribution in [0.2, 0.25) is 0 Å². The van der Waals surface area contributed by atoms with Gasteiger partial charge in [0.2, 0.25) is 0 Å². The number of nitrogens with zero attached hydrogens (tertiary/aromatic N) is 1. The second-order valence-electron chi connectivity index (χ2n) is 3.02. The number of halogens is 1. The molecule has 0 saturated heterocycles. The molecule has 0 unspecified atom stereocenters. The molecule has 0 aliphatic carbocycles. The van der Waals surface area contributed by atoms with Crippen LogP contribution in [0.25, 0.3) is 0 Å². The van der Waals surface area contributed by atoms with E-state index in [1.807, 2.05) is 0 Å². The van der Waals surface area contributed by atoms with Crippen molar-refractivity contribution in [1.82, 2.24) is 0 Å². The van der Waals surface area contributed by atoms with Gasteiger partial charge in [-0.3, -0.25) is 0 Å². The van der Waals surface area contributed by atoms with Gasteiger partial charge in [0.05, 0.1) is 26.7 Å². The Morgan fingerprint density at radius 3 is 1.77 bits per heavy atom. The zero-order valence-corrected chi connectivity index (χ0v) is 9.73. The van der Waals surface area contributed by atoms with Gasteiger partial charge in [0.1, 0.15) is 0 Å². The van der Waals surface area contributed by atoms with Crippen molar-refractivity contribution >= 4 is 5.97 Å². The van der Waals surface area contributed by atoms with Crippen LogP contribution in [0.15, 0.2) is 0 Å². The maximum atomic E-state index is 11.1. The van der Waals surface area contributed by atoms with E-state index in [0.29, 0.717) is 6.54 Å². The lowest BCUT2D eigenvalue weighted by Gasteiger charge is -2.34. The molecule has 0 bridgehead atoms. The fraction of sp³-hybridized carbons (Fsp3) is 0.889. The Balaban J connectivity index is 0. The fourth-order valence-corrected chi connectivity index (χ4v) is 1.34. The summed E-state index contributed by atoms with van der Waals surface area (Å²) in [5, 5.41) is 0. The predicted molar refractivity (Wildman–Crippen MR) is 48.8 cm³/mol. The normalized spacial score (nSPS) is 10.5. The van der Waals surface area contributed by atoms with Gasteiger partial charge in [-0.1, -0.05) is 0 Å². The SMILES string of the molecule is CC[N+](CC)(CC)CC(=O)OC.[Cl-]. The van der Waals surface area contributed by atoms with Gasteiger partial charge in [-0.15, -0.1) is 0 Å². The van der Waals surface area contributed by atoms with Gasteiger partial charge in [-0.05, 0) is 20.8 Å². The van der Waals surface area contributed by atoms with E-state index in [1.165, 1.54) is 7.11 Å². The van der Waals surface area contributed by atoms with Crippen molar-refractivity contribution in [3.8, 4) is 0 Å². The Morgan fingerprint density at radius 2 is 1.54 bits per heavy atom. The Labute approximate surface area is 87.1 Å². The number of hydrogen-bond donors (Lipinski definition) is 0. The number of likely N-dealkylation sites (N-methyl/N-ethyl adjacent to an activating group) is 1. The first kappa shape index (κ1) is 15.2. The smallest absolute Gasteiger partial charge is 0.361 e. The highest BCUT2D eigenvalue weighted by Gasteiger charge is 2.24. The number of quaternary nitrogens is 1. The van der Waals surface area contributed by atoms with Crippen molar-refractivity contribution in [2.45, 2.75) is 20.8 Å². The molecule has 4 heteroatoms. The van der Waals surface area contributed by atoms with Crippen molar-refractivity contribution in [1.29, 1.82) is 0 Å². The summed E-state index contributed by atoms with van der Waals surface area (Å²) in [5.74, 6) is -0.111. The summed E-state index contributed by atoms with van der Waals surface area (Å²) < 4.78 is 5.48. The number of rotatable bonds is 5. The number of carbonyl (C=O) groups excluding carboxylic acids is 1. The molecule has 0 saturated carbocycles. The quantitative estimate of drug-likeness (QED) is 0.388. The van der Waals surface area contributed by atoms with E-state index in [-0.39, 0.29) is 18.4 Å². The molecule has 0 aliphatic rings. The van der Waals surface area contributed by atoms with E-state index in [2.05, 4.69) is 25.5 Å². The van der Waals surface area contributed by atoms with Gasteiger partial charge in [-0.25, -0.2) is 4.79 Å². The lowest BCUT2D eigenvalue weighted by atomic mass is 10.3. The summed E-state index contributed by atoms with van der Waals surface area (Å²) in [6.45, 7) is 9.79. The number of ether oxygens (including phenoxy) is 1. The molecule has 0 rings (SSSR count). The lowest BCUT2D eigenvalue weighted by molar-refractivity contribution is -0.916. The first-order valence-corrected chi connectivity index (χ1v) is 4.56. The molecule has 0 heterocycles. The van der Waals surface area contributed by atoms with E-state index in [1.54, 1.807) is 0 Å². The molecule has 0 aromatic rings. The minimum absolute atomic E-state index is 0. The van der Waals surface area contributed by atoms with E-state index >= 15 is 0 Å². The van der Waals surface area contributed by atoms with Crippen LogP contribution in [0.1, 0.15) is 20.8 Å². The van der Waals surface area contributed by atoms with Gasteiger partial charge in [0, 0.05) is 0 Å². The van der Waals surface area contributed by atoms with Crippen molar-refractivity contribution in [3.63, 3.8) is 0 Å². The molecular weight excluding hydrogens is 190 g/mol. The highest BCUT2D eigenvalue weighted by molar-refractivity contribution is 5.70. The van der Waals surface area contributed by atoms with E-state index in [4.69, 9.17) is 0 Å². The van der Waals surface area contributed by atoms with Crippen molar-refractivity contribution in [3.05, 3.63) is 0 Å². The Bertz CT molecular complexity index is 138. The van der Waals surface area contributed by atoms with Crippen molar-refractivity contribution in [2.75, 3.05) is 33.3 Å². The first-order valence-electron chi connectivity index (χ1n) is 4.56. The Morgan fingerprint density at radius 1 is 1.15 bits per heavy atom. The van der Waals surface area contributed by atoms with Crippen LogP contribution in [0, 0.1) is 0 Å². The third-order valence-electron chi connectivity index (χ3n) is 2.70. The molecule has 80 valence electrons. The summed E-state index contributed by atoms with van der Waals surface area (Å²) in [7, 11) is 1.44. The van der Waals surface area contributed by atoms with E-state index in [0.717, 1.165) is 24.1 Å². The summed E-state index contributed by atoms with van der Waals surface area (Å²) >= 11 is 0. The fourth-order valence-electron chi connectivity index (χ4n) is 1.34. The Kier molecular flexibility index (Phi) is 8.37. The average Bonchev–Trinajstić information content (AvgIpc) is 2.14. The summed E-state index contributed by atoms with van der Waals surface area (Å²) in [6.07, 6.45) is 0. The number of hydrogen-bond acceptors (Lipinski definition) is 2. The zero-order chi connectivity index (χ0) is 9.61. The molecule has 0 amide bonds. The largest absolute Gasteiger partial charge is 1.00 e. The van der Waals surface area contributed by atoms with Crippen LogP contribution in [0.3, 0.4) is 0 Å². The number of methoxy groups -OCH3 is 1. The number of esters is 1. The molecule has 0 aromatic carbocycles. The molecule has 0 fully saturated rings. The molecule has 13 heavy (non-hydrogen) atoms. The third kappa shape index (κ3) is 4.48. The molecule has 0 aromatic heterocycles. The summed E-state index contributed by atoms with van der Waals surface area (Å²) in [5.41, 5.74) is 0. The van der Waals surface area contributed by atoms with Gasteiger partial charge >= 0.3 is 5.97 Å². The zero-order valence-electron chi connectivity index (χ0n) is 8.97. The predicted octanol–water partition coefficient (Wildman–Crippen LogP) is -1.96. The summed E-state index contributed by atoms with van der Waals surface area (Å²) in [6, 6.07) is 0. The maximum absolute atomic E-state index is 11.1. The minimum Gasteiger partial charge on any atom is -1.00 e. The second-order valence-corrected chi connectivity index (χ2v) is 3.02. The van der Waals surface area contributed by atoms with Gasteiger partial charge in [0.25, 0.3) is 0 Å². The molecule has 0 atom stereocenters. The monoisotopic (exact) mass is 209 g/mol. The van der Waals surface area contributed by atoms with Gasteiger partial charge < -0.3 is 21.6 Å². The third-order valence-corrected chi connectivity index (χ3v) is 2.70. The molecule has 3 nitrogen and oxygen atoms in total. The van der Waals surface area contributed by atoms with E-state index < -0.39 is 0 Å². The minimum atomic E-state index is -0.111. The highest BCUT2D eigenvalue weighted by Crippen LogP contribution is 2.05. The van der Waals surface area contributed by atoms with Crippen LogP contribution in [-0.4, -0.2) is 43.7 Å². The molecular formula is C9H20ClNO2. The Hall–Kier alpha value is -0.280. The standard InChI is InChI=1S/C9H20NO2.ClH/c1-5-10(6-2,7-3)8-9(11)12-4;/h5-8H2,1-4H3;1H/q+1;/p-1. The van der Waals surface area contributed by atoms with Crippen LogP contribution in [-0.2, 0) is 9.53 Å². The molecule has 0 aliphatic heterocycles. The molecule has 0 spiro atoms. The second kappa shape index (κ2) is 7.15.